The summed E-state index contributed by atoms with van der Waals surface area (Å²) in [7, 11) is 3.97. The molecule has 0 amide bonds. The van der Waals surface area contributed by atoms with Gasteiger partial charge in [-0.25, -0.2) is 0 Å². The summed E-state index contributed by atoms with van der Waals surface area (Å²) < 4.78 is 0. The first-order valence-corrected chi connectivity index (χ1v) is 6.66. The zero-order chi connectivity index (χ0) is 14.5. The molecule has 0 radical (unpaired) electrons. The lowest BCUT2D eigenvalue weighted by molar-refractivity contribution is 0.151. The Balaban J connectivity index is 2.07. The van der Waals surface area contributed by atoms with Gasteiger partial charge in [0.05, 0.1) is 19.2 Å². The minimum absolute atomic E-state index is 0.0228. The fourth-order valence-electron chi connectivity index (χ4n) is 2.35. The molecule has 20 heavy (non-hydrogen) atoms. The van der Waals surface area contributed by atoms with Gasteiger partial charge >= 0.3 is 0 Å². The van der Waals surface area contributed by atoms with E-state index in [0.29, 0.717) is 0 Å². The molecule has 0 aromatic heterocycles. The molecule has 2 N–H and O–H groups in total. The third-order valence-electron chi connectivity index (χ3n) is 3.45. The third-order valence-corrected chi connectivity index (χ3v) is 3.45. The van der Waals surface area contributed by atoms with Crippen molar-refractivity contribution in [2.24, 2.45) is 0 Å². The van der Waals surface area contributed by atoms with Gasteiger partial charge in [-0.3, -0.25) is 10.2 Å². The summed E-state index contributed by atoms with van der Waals surface area (Å²) in [6.45, 7) is 0.782. The van der Waals surface area contributed by atoms with Crippen LogP contribution in [0.1, 0.15) is 17.0 Å². The zero-order valence-electron chi connectivity index (χ0n) is 11.8. The fourth-order valence-corrected chi connectivity index (χ4v) is 2.35. The van der Waals surface area contributed by atoms with Crippen LogP contribution >= 0.6 is 0 Å². The summed E-state index contributed by atoms with van der Waals surface area (Å²) in [5, 5.41) is 21.3. The van der Waals surface area contributed by atoms with Gasteiger partial charge in [0, 0.05) is 17.5 Å². The Morgan fingerprint density at radius 1 is 1.30 bits per heavy atom. The molecule has 0 aliphatic carbocycles. The summed E-state index contributed by atoms with van der Waals surface area (Å²) in [6.07, 6.45) is 0. The van der Waals surface area contributed by atoms with E-state index in [0.717, 1.165) is 17.7 Å². The second-order valence-corrected chi connectivity index (χ2v) is 5.25. The number of benzene rings is 1. The highest BCUT2D eigenvalue weighted by Gasteiger charge is 2.40. The molecule has 0 bridgehead atoms. The smallest absolute Gasteiger partial charge is 0.104 e. The summed E-state index contributed by atoms with van der Waals surface area (Å²) in [5.41, 5.74) is 2.05. The first kappa shape index (κ1) is 14.6. The maximum absolute atomic E-state index is 9.25. The van der Waals surface area contributed by atoms with Crippen molar-refractivity contribution >= 4 is 0 Å². The molecule has 4 nitrogen and oxygen atoms in total. The average molecular weight is 269 g/mol. The number of aliphatic hydroxyl groups is 1. The minimum atomic E-state index is -0.210. The standard InChI is InChI=1S/C16H19N3O/c1-19(2)9-3-4-12-5-7-13(8-6-12)16-14(10-17)18-15(16)11-20/h5-8,14-16,18,20H,9,11H2,1-2H3/t14-,15+,16+/m0/s1. The Bertz CT molecular complexity index is 548. The number of aliphatic hydroxyl groups excluding tert-OH is 1. The molecule has 104 valence electrons. The van der Waals surface area contributed by atoms with Gasteiger partial charge in [0.25, 0.3) is 0 Å². The van der Waals surface area contributed by atoms with Gasteiger partial charge in [-0.1, -0.05) is 24.0 Å². The predicted molar refractivity (Wildman–Crippen MR) is 78.0 cm³/mol. The van der Waals surface area contributed by atoms with Crippen molar-refractivity contribution in [3.63, 3.8) is 0 Å². The highest BCUT2D eigenvalue weighted by Crippen LogP contribution is 2.31. The van der Waals surface area contributed by atoms with Crippen LogP contribution in [-0.2, 0) is 0 Å². The van der Waals surface area contributed by atoms with Crippen molar-refractivity contribution < 1.29 is 5.11 Å². The normalized spacial score (nSPS) is 24.4. The van der Waals surface area contributed by atoms with Crippen LogP contribution in [-0.4, -0.2) is 49.3 Å². The van der Waals surface area contributed by atoms with E-state index in [9.17, 15) is 5.11 Å². The molecule has 1 saturated heterocycles. The molecule has 1 fully saturated rings. The van der Waals surface area contributed by atoms with Crippen LogP contribution in [0.3, 0.4) is 0 Å². The topological polar surface area (TPSA) is 59.3 Å². The summed E-state index contributed by atoms with van der Waals surface area (Å²) in [5.74, 6) is 6.26. The molecule has 1 aliphatic heterocycles. The maximum Gasteiger partial charge on any atom is 0.104 e. The molecule has 0 spiro atoms. The van der Waals surface area contributed by atoms with E-state index in [1.807, 2.05) is 43.3 Å². The number of nitrogens with one attached hydrogen (secondary N) is 1. The van der Waals surface area contributed by atoms with E-state index in [-0.39, 0.29) is 24.6 Å². The molecule has 2 rings (SSSR count). The highest BCUT2D eigenvalue weighted by molar-refractivity contribution is 5.39. The Hall–Kier alpha value is -1.85. The van der Waals surface area contributed by atoms with E-state index in [1.54, 1.807) is 0 Å². The summed E-state index contributed by atoms with van der Waals surface area (Å²) >= 11 is 0. The van der Waals surface area contributed by atoms with Crippen LogP contribution in [0.25, 0.3) is 0 Å². The first-order chi connectivity index (χ1) is 9.65. The molecule has 1 heterocycles. The van der Waals surface area contributed by atoms with Gasteiger partial charge in [0.15, 0.2) is 0 Å². The second kappa shape index (κ2) is 6.54. The monoisotopic (exact) mass is 269 g/mol. The summed E-state index contributed by atoms with van der Waals surface area (Å²) in [4.78, 5) is 2.02. The molecular weight excluding hydrogens is 250 g/mol. The van der Waals surface area contributed by atoms with Crippen LogP contribution < -0.4 is 5.32 Å². The van der Waals surface area contributed by atoms with E-state index >= 15 is 0 Å². The molecule has 1 aliphatic rings. The number of nitrogens with zero attached hydrogens (tertiary/aromatic N) is 2. The highest BCUT2D eigenvalue weighted by atomic mass is 16.3. The maximum atomic E-state index is 9.25. The first-order valence-electron chi connectivity index (χ1n) is 6.66. The number of rotatable bonds is 3. The van der Waals surface area contributed by atoms with Crippen LogP contribution in [0, 0.1) is 23.2 Å². The Labute approximate surface area is 120 Å². The molecule has 0 saturated carbocycles. The number of hydrogen-bond acceptors (Lipinski definition) is 4. The Morgan fingerprint density at radius 3 is 2.55 bits per heavy atom. The van der Waals surface area contributed by atoms with Gasteiger partial charge in [0.1, 0.15) is 6.04 Å². The summed E-state index contributed by atoms with van der Waals surface area (Å²) in [6, 6.07) is 9.93. The zero-order valence-corrected chi connectivity index (χ0v) is 11.8. The van der Waals surface area contributed by atoms with Crippen molar-refractivity contribution in [1.29, 1.82) is 5.26 Å². The largest absolute Gasteiger partial charge is 0.395 e. The van der Waals surface area contributed by atoms with Crippen LogP contribution in [0.15, 0.2) is 24.3 Å². The molecule has 4 heteroatoms. The van der Waals surface area contributed by atoms with E-state index < -0.39 is 0 Å². The van der Waals surface area contributed by atoms with Gasteiger partial charge in [0.2, 0.25) is 0 Å². The quantitative estimate of drug-likeness (QED) is 0.786. The lowest BCUT2D eigenvalue weighted by Crippen LogP contribution is -2.60. The molecule has 0 unspecified atom stereocenters. The molecular formula is C16H19N3O. The predicted octanol–water partition coefficient (Wildman–Crippen LogP) is 0.540. The lowest BCUT2D eigenvalue weighted by atomic mass is 9.78. The third kappa shape index (κ3) is 3.18. The van der Waals surface area contributed by atoms with Crippen LogP contribution in [0.5, 0.6) is 0 Å². The van der Waals surface area contributed by atoms with Crippen molar-refractivity contribution in [3.8, 4) is 17.9 Å². The SMILES string of the molecule is CN(C)CC#Cc1ccc([C@@H]2[C@H](C#N)N[C@@H]2CO)cc1. The van der Waals surface area contributed by atoms with Crippen molar-refractivity contribution in [2.45, 2.75) is 18.0 Å². The second-order valence-electron chi connectivity index (χ2n) is 5.25. The Kier molecular flexibility index (Phi) is 4.76. The van der Waals surface area contributed by atoms with Gasteiger partial charge in [-0.05, 0) is 31.8 Å². The van der Waals surface area contributed by atoms with E-state index in [2.05, 4.69) is 23.2 Å². The van der Waals surface area contributed by atoms with Crippen molar-refractivity contribution in [2.75, 3.05) is 27.2 Å². The minimum Gasteiger partial charge on any atom is -0.395 e. The van der Waals surface area contributed by atoms with Gasteiger partial charge in [-0.15, -0.1) is 0 Å². The molecule has 1 aromatic rings. The number of hydrogen-bond donors (Lipinski definition) is 2. The van der Waals surface area contributed by atoms with Gasteiger partial charge < -0.3 is 5.11 Å². The Morgan fingerprint density at radius 2 is 2.00 bits per heavy atom. The fraction of sp³-hybridized carbons (Fsp3) is 0.438. The number of nitriles is 1. The van der Waals surface area contributed by atoms with Crippen molar-refractivity contribution in [3.05, 3.63) is 35.4 Å². The van der Waals surface area contributed by atoms with E-state index in [4.69, 9.17) is 5.26 Å². The van der Waals surface area contributed by atoms with Gasteiger partial charge in [-0.2, -0.15) is 5.26 Å². The lowest BCUT2D eigenvalue weighted by Gasteiger charge is -2.41. The molecule has 3 atom stereocenters. The van der Waals surface area contributed by atoms with Crippen LogP contribution in [0.2, 0.25) is 0 Å². The molecule has 1 aromatic carbocycles. The average Bonchev–Trinajstić information content (AvgIpc) is 2.40. The van der Waals surface area contributed by atoms with E-state index in [1.165, 1.54) is 0 Å². The van der Waals surface area contributed by atoms with Crippen molar-refractivity contribution in [1.82, 2.24) is 10.2 Å². The van der Waals surface area contributed by atoms with Crippen LogP contribution in [0.4, 0.5) is 0 Å².